The Hall–Kier alpha value is -0.480. The second-order valence-corrected chi connectivity index (χ2v) is 1.67. The highest BCUT2D eigenvalue weighted by Crippen LogP contribution is 1.87. The number of rotatable bonds is 3. The van der Waals surface area contributed by atoms with E-state index in [1.54, 1.807) is 0 Å². The molecule has 0 radical (unpaired) electrons. The molecule has 0 aliphatic rings. The Morgan fingerprint density at radius 1 is 1.30 bits per heavy atom. The fourth-order valence-electron chi connectivity index (χ4n) is 0.200. The van der Waals surface area contributed by atoms with Crippen LogP contribution in [0.5, 0.6) is 0 Å². The maximum atomic E-state index is 10.2. The Morgan fingerprint density at radius 2 is 1.90 bits per heavy atom. The number of hydrogen-bond acceptors (Lipinski definition) is 4. The molecule has 0 bridgehead atoms. The molecule has 0 aliphatic heterocycles. The van der Waals surface area contributed by atoms with Crippen LogP contribution in [0.2, 0.25) is 0 Å². The summed E-state index contributed by atoms with van der Waals surface area (Å²) in [6.45, 7) is -0.505. The summed E-state index contributed by atoms with van der Waals surface area (Å²) in [6.07, 6.45) is 0. The van der Waals surface area contributed by atoms with Gasteiger partial charge in [0.05, 0.1) is 0 Å². The lowest BCUT2D eigenvalue weighted by molar-refractivity contribution is -0.151. The summed E-state index contributed by atoms with van der Waals surface area (Å²) in [7, 11) is 0. The maximum absolute atomic E-state index is 10.2. The highest BCUT2D eigenvalue weighted by Gasteiger charge is 2.05. The molecule has 0 unspecified atom stereocenters. The number of ether oxygens (including phenoxy) is 1. The van der Waals surface area contributed by atoms with Gasteiger partial charge in [0.2, 0.25) is 0 Å². The summed E-state index contributed by atoms with van der Waals surface area (Å²) >= 11 is 9.62. The first-order valence-electron chi connectivity index (χ1n) is 2.23. The zero-order chi connectivity index (χ0) is 7.98. The van der Waals surface area contributed by atoms with Crippen LogP contribution >= 0.6 is 23.5 Å². The van der Waals surface area contributed by atoms with E-state index in [0.29, 0.717) is 0 Å². The van der Waals surface area contributed by atoms with Crippen molar-refractivity contribution >= 4 is 35.4 Å². The van der Waals surface area contributed by atoms with Crippen molar-refractivity contribution in [2.75, 3.05) is 12.5 Å². The van der Waals surface area contributed by atoms with Gasteiger partial charge < -0.3 is 9.03 Å². The van der Waals surface area contributed by atoms with Crippen LogP contribution in [0.1, 0.15) is 0 Å². The first-order chi connectivity index (χ1) is 4.70. The number of esters is 1. The summed E-state index contributed by atoms with van der Waals surface area (Å²) in [6, 6.07) is 0. The minimum absolute atomic E-state index is 0.296. The number of hydrogen-bond donors (Lipinski definition) is 0. The summed E-state index contributed by atoms with van der Waals surface area (Å²) in [5, 5.41) is 0. The Labute approximate surface area is 67.2 Å². The van der Waals surface area contributed by atoms with Crippen LogP contribution in [0.4, 0.5) is 0 Å². The predicted octanol–water partition coefficient (Wildman–Crippen LogP) is 0.465. The van der Waals surface area contributed by atoms with Gasteiger partial charge in [0, 0.05) is 0 Å². The average molecular weight is 187 g/mol. The Kier molecular flexibility index (Phi) is 5.06. The number of carbonyl (C=O) groups excluding carboxylic acids is 2. The van der Waals surface area contributed by atoms with Gasteiger partial charge in [0.15, 0.2) is 6.61 Å². The van der Waals surface area contributed by atoms with Gasteiger partial charge in [-0.3, -0.25) is 4.79 Å². The molecule has 6 heteroatoms. The SMILES string of the molecule is O=C(COC(=O)CCl)OCl. The van der Waals surface area contributed by atoms with Gasteiger partial charge in [-0.2, -0.15) is 0 Å². The molecule has 0 saturated heterocycles. The Morgan fingerprint density at radius 3 is 2.30 bits per heavy atom. The standard InChI is InChI=1S/C4H4Cl2O4/c5-1-3(7)9-2-4(8)10-6/h1-2H2. The lowest BCUT2D eigenvalue weighted by atomic mass is 10.7. The van der Waals surface area contributed by atoms with E-state index in [2.05, 4.69) is 20.9 Å². The van der Waals surface area contributed by atoms with Crippen LogP contribution in [0, 0.1) is 0 Å². The van der Waals surface area contributed by atoms with E-state index in [1.807, 2.05) is 0 Å². The number of alkyl halides is 1. The van der Waals surface area contributed by atoms with Gasteiger partial charge in [-0.25, -0.2) is 4.79 Å². The van der Waals surface area contributed by atoms with E-state index >= 15 is 0 Å². The Bertz CT molecular complexity index is 119. The first kappa shape index (κ1) is 9.52. The maximum Gasteiger partial charge on any atom is 0.362 e. The van der Waals surface area contributed by atoms with Crippen LogP contribution in [-0.2, 0) is 18.6 Å². The van der Waals surface area contributed by atoms with Crippen LogP contribution < -0.4 is 0 Å². The summed E-state index contributed by atoms with van der Waals surface area (Å²) in [5.74, 6) is -1.82. The molecular weight excluding hydrogens is 183 g/mol. The second kappa shape index (κ2) is 5.32. The fraction of sp³-hybridized carbons (Fsp3) is 0.500. The van der Waals surface area contributed by atoms with Crippen molar-refractivity contribution in [3.8, 4) is 0 Å². The van der Waals surface area contributed by atoms with Crippen molar-refractivity contribution in [3.05, 3.63) is 0 Å². The lowest BCUT2D eigenvalue weighted by Crippen LogP contribution is -2.14. The highest BCUT2D eigenvalue weighted by molar-refractivity contribution is 6.26. The third-order valence-electron chi connectivity index (χ3n) is 0.546. The number of carbonyl (C=O) groups is 2. The average Bonchev–Trinajstić information content (AvgIpc) is 1.99. The normalized spacial score (nSPS) is 8.60. The molecule has 58 valence electrons. The van der Waals surface area contributed by atoms with Crippen molar-refractivity contribution in [2.24, 2.45) is 0 Å². The monoisotopic (exact) mass is 186 g/mol. The molecule has 0 spiro atoms. The zero-order valence-corrected chi connectivity index (χ0v) is 6.31. The van der Waals surface area contributed by atoms with Gasteiger partial charge >= 0.3 is 11.9 Å². The first-order valence-corrected chi connectivity index (χ1v) is 3.08. The summed E-state index contributed by atoms with van der Waals surface area (Å²) < 4.78 is 7.87. The minimum atomic E-state index is -0.833. The van der Waals surface area contributed by atoms with Crippen molar-refractivity contribution in [3.63, 3.8) is 0 Å². The van der Waals surface area contributed by atoms with Gasteiger partial charge in [0.25, 0.3) is 0 Å². The topological polar surface area (TPSA) is 52.6 Å². The molecular formula is C4H4Cl2O4. The molecule has 0 aromatic carbocycles. The third kappa shape index (κ3) is 4.40. The van der Waals surface area contributed by atoms with Crippen LogP contribution in [0.3, 0.4) is 0 Å². The molecule has 4 nitrogen and oxygen atoms in total. The molecule has 0 heterocycles. The van der Waals surface area contributed by atoms with Crippen LogP contribution in [-0.4, -0.2) is 24.4 Å². The molecule has 0 rings (SSSR count). The molecule has 0 atom stereocenters. The van der Waals surface area contributed by atoms with Crippen molar-refractivity contribution < 1.29 is 18.6 Å². The molecule has 0 saturated carbocycles. The quantitative estimate of drug-likeness (QED) is 0.475. The molecule has 0 aromatic heterocycles. The van der Waals surface area contributed by atoms with Gasteiger partial charge in [-0.15, -0.1) is 11.6 Å². The van der Waals surface area contributed by atoms with E-state index in [1.165, 1.54) is 0 Å². The molecule has 0 aromatic rings. The number of halogens is 2. The van der Waals surface area contributed by atoms with E-state index in [0.717, 1.165) is 0 Å². The molecule has 0 aliphatic carbocycles. The second-order valence-electron chi connectivity index (χ2n) is 1.24. The molecule has 0 fully saturated rings. The van der Waals surface area contributed by atoms with E-state index in [4.69, 9.17) is 11.6 Å². The summed E-state index contributed by atoms with van der Waals surface area (Å²) in [5.41, 5.74) is 0. The molecule has 0 amide bonds. The van der Waals surface area contributed by atoms with Gasteiger partial charge in [-0.05, 0) is 0 Å². The highest BCUT2D eigenvalue weighted by atomic mass is 35.5. The van der Waals surface area contributed by atoms with Crippen molar-refractivity contribution in [2.45, 2.75) is 0 Å². The third-order valence-corrected chi connectivity index (χ3v) is 0.936. The molecule has 0 N–H and O–H groups in total. The Balaban J connectivity index is 3.35. The van der Waals surface area contributed by atoms with Gasteiger partial charge in [0.1, 0.15) is 17.7 Å². The lowest BCUT2D eigenvalue weighted by Gasteiger charge is -1.96. The van der Waals surface area contributed by atoms with E-state index in [-0.39, 0.29) is 5.88 Å². The fourth-order valence-corrected chi connectivity index (χ4v) is 0.322. The molecule has 10 heavy (non-hydrogen) atoms. The van der Waals surface area contributed by atoms with Gasteiger partial charge in [-0.1, -0.05) is 0 Å². The summed E-state index contributed by atoms with van der Waals surface area (Å²) in [4.78, 5) is 20.4. The van der Waals surface area contributed by atoms with Crippen molar-refractivity contribution in [1.29, 1.82) is 0 Å². The van der Waals surface area contributed by atoms with E-state index < -0.39 is 18.5 Å². The van der Waals surface area contributed by atoms with Crippen LogP contribution in [0.25, 0.3) is 0 Å². The minimum Gasteiger partial charge on any atom is -0.453 e. The zero-order valence-electron chi connectivity index (χ0n) is 4.80. The van der Waals surface area contributed by atoms with E-state index in [9.17, 15) is 9.59 Å². The predicted molar refractivity (Wildman–Crippen MR) is 33.6 cm³/mol. The van der Waals surface area contributed by atoms with Crippen LogP contribution in [0.15, 0.2) is 0 Å². The van der Waals surface area contributed by atoms with Crippen molar-refractivity contribution in [1.82, 2.24) is 0 Å². The largest absolute Gasteiger partial charge is 0.453 e. The smallest absolute Gasteiger partial charge is 0.362 e.